The fourth-order valence-electron chi connectivity index (χ4n) is 4.67. The molecule has 1 N–H and O–H groups in total. The molecule has 0 unspecified atom stereocenters. The number of rotatable bonds is 5. The van der Waals surface area contributed by atoms with Crippen LogP contribution in [-0.4, -0.2) is 45.1 Å². The van der Waals surface area contributed by atoms with Crippen LogP contribution in [0.2, 0.25) is 0 Å². The number of hydrogen-bond donors (Lipinski definition) is 1. The van der Waals surface area contributed by atoms with E-state index in [-0.39, 0.29) is 6.10 Å². The predicted octanol–water partition coefficient (Wildman–Crippen LogP) is 4.50. The summed E-state index contributed by atoms with van der Waals surface area (Å²) in [5, 5.41) is 9.25. The summed E-state index contributed by atoms with van der Waals surface area (Å²) in [6.07, 6.45) is 7.75. The van der Waals surface area contributed by atoms with Gasteiger partial charge in [-0.05, 0) is 50.2 Å². The van der Waals surface area contributed by atoms with E-state index in [1.807, 2.05) is 24.9 Å². The first kappa shape index (κ1) is 20.2. The minimum atomic E-state index is 0.0232. The van der Waals surface area contributed by atoms with Crippen LogP contribution in [0.25, 0.3) is 22.0 Å². The Hall–Kier alpha value is -2.67. The molecule has 1 aromatic carbocycles. The van der Waals surface area contributed by atoms with Gasteiger partial charge in [0.25, 0.3) is 0 Å². The summed E-state index contributed by atoms with van der Waals surface area (Å²) in [4.78, 5) is 9.67. The van der Waals surface area contributed by atoms with Gasteiger partial charge < -0.3 is 14.8 Å². The fraction of sp³-hybridized carbons (Fsp3) is 0.542. The Morgan fingerprint density at radius 1 is 1.13 bits per heavy atom. The monoisotopic (exact) mass is 421 g/mol. The molecule has 0 bridgehead atoms. The Kier molecular flexibility index (Phi) is 5.52. The predicted molar refractivity (Wildman–Crippen MR) is 121 cm³/mol. The van der Waals surface area contributed by atoms with Gasteiger partial charge in [-0.25, -0.2) is 4.98 Å². The summed E-state index contributed by atoms with van der Waals surface area (Å²) in [5.74, 6) is 2.10. The van der Waals surface area contributed by atoms with Gasteiger partial charge in [-0.1, -0.05) is 19.1 Å². The second-order valence-electron chi connectivity index (χ2n) is 9.09. The number of nitrogens with zero attached hydrogens (tertiary/aromatic N) is 4. The van der Waals surface area contributed by atoms with E-state index in [4.69, 9.17) is 19.4 Å². The van der Waals surface area contributed by atoms with E-state index in [2.05, 4.69) is 35.5 Å². The number of benzene rings is 1. The van der Waals surface area contributed by atoms with Gasteiger partial charge in [0, 0.05) is 31.1 Å². The lowest BCUT2D eigenvalue weighted by molar-refractivity contribution is 0.138. The second kappa shape index (κ2) is 8.46. The maximum atomic E-state index is 6.36. The molecule has 31 heavy (non-hydrogen) atoms. The van der Waals surface area contributed by atoms with Crippen LogP contribution < -0.4 is 10.1 Å². The summed E-state index contributed by atoms with van der Waals surface area (Å²) in [6, 6.07) is 6.71. The highest BCUT2D eigenvalue weighted by Crippen LogP contribution is 2.35. The molecular weight excluding hydrogens is 390 g/mol. The SMILES string of the molecule is Cc1nc(NC2CCC(C)CC2)nc(O[C@@H]2CCOC2)c1-c1ccc2cn(C)nc2c1. The third-order valence-corrected chi connectivity index (χ3v) is 6.48. The largest absolute Gasteiger partial charge is 0.471 e. The quantitative estimate of drug-likeness (QED) is 0.654. The number of nitrogens with one attached hydrogen (secondary N) is 1. The zero-order valence-corrected chi connectivity index (χ0v) is 18.6. The highest BCUT2D eigenvalue weighted by Gasteiger charge is 2.24. The van der Waals surface area contributed by atoms with Crippen LogP contribution in [0.15, 0.2) is 24.4 Å². The van der Waals surface area contributed by atoms with Crippen LogP contribution in [0, 0.1) is 12.8 Å². The molecule has 0 spiro atoms. The van der Waals surface area contributed by atoms with Crippen molar-refractivity contribution in [3.63, 3.8) is 0 Å². The van der Waals surface area contributed by atoms with Crippen molar-refractivity contribution in [2.75, 3.05) is 18.5 Å². The van der Waals surface area contributed by atoms with Gasteiger partial charge in [-0.15, -0.1) is 0 Å². The number of aryl methyl sites for hydroxylation is 2. The highest BCUT2D eigenvalue weighted by atomic mass is 16.5. The summed E-state index contributed by atoms with van der Waals surface area (Å²) < 4.78 is 13.7. The Bertz CT molecular complexity index is 1070. The third kappa shape index (κ3) is 4.37. The minimum Gasteiger partial charge on any atom is -0.471 e. The smallest absolute Gasteiger partial charge is 0.226 e. The van der Waals surface area contributed by atoms with Crippen molar-refractivity contribution in [3.8, 4) is 17.0 Å². The lowest BCUT2D eigenvalue weighted by Crippen LogP contribution is -2.26. The van der Waals surface area contributed by atoms with Gasteiger partial charge in [0.2, 0.25) is 11.8 Å². The lowest BCUT2D eigenvalue weighted by atomic mass is 9.87. The Morgan fingerprint density at radius 2 is 1.97 bits per heavy atom. The molecule has 2 aliphatic rings. The number of anilines is 1. The molecule has 164 valence electrons. The first-order valence-corrected chi connectivity index (χ1v) is 11.4. The molecule has 7 nitrogen and oxygen atoms in total. The van der Waals surface area contributed by atoms with E-state index in [1.54, 1.807) is 0 Å². The second-order valence-corrected chi connectivity index (χ2v) is 9.09. The summed E-state index contributed by atoms with van der Waals surface area (Å²) >= 11 is 0. The van der Waals surface area contributed by atoms with Crippen LogP contribution in [0.3, 0.4) is 0 Å². The summed E-state index contributed by atoms with van der Waals surface area (Å²) in [7, 11) is 1.94. The molecule has 1 saturated carbocycles. The number of aromatic nitrogens is 4. The van der Waals surface area contributed by atoms with Crippen LogP contribution in [0.4, 0.5) is 5.95 Å². The fourth-order valence-corrected chi connectivity index (χ4v) is 4.67. The molecule has 7 heteroatoms. The van der Waals surface area contributed by atoms with Gasteiger partial charge in [-0.3, -0.25) is 4.68 Å². The average molecular weight is 422 g/mol. The minimum absolute atomic E-state index is 0.0232. The number of hydrogen-bond acceptors (Lipinski definition) is 6. The molecule has 5 rings (SSSR count). The lowest BCUT2D eigenvalue weighted by Gasteiger charge is -2.27. The van der Waals surface area contributed by atoms with Crippen LogP contribution >= 0.6 is 0 Å². The molecule has 3 heterocycles. The Labute approximate surface area is 183 Å². The molecule has 1 saturated heterocycles. The summed E-state index contributed by atoms with van der Waals surface area (Å²) in [6.45, 7) is 5.70. The Balaban J connectivity index is 1.50. The number of fused-ring (bicyclic) bond motifs is 1. The first-order valence-electron chi connectivity index (χ1n) is 11.4. The molecular formula is C24H31N5O2. The van der Waals surface area contributed by atoms with E-state index in [1.165, 1.54) is 12.8 Å². The number of ether oxygens (including phenoxy) is 2. The van der Waals surface area contributed by atoms with Crippen molar-refractivity contribution >= 4 is 16.9 Å². The van der Waals surface area contributed by atoms with Crippen molar-refractivity contribution in [3.05, 3.63) is 30.1 Å². The zero-order chi connectivity index (χ0) is 21.4. The molecule has 0 amide bonds. The van der Waals surface area contributed by atoms with E-state index in [0.29, 0.717) is 24.5 Å². The van der Waals surface area contributed by atoms with Crippen LogP contribution in [-0.2, 0) is 11.8 Å². The van der Waals surface area contributed by atoms with Crippen molar-refractivity contribution in [1.29, 1.82) is 0 Å². The molecule has 2 fully saturated rings. The van der Waals surface area contributed by atoms with E-state index in [9.17, 15) is 0 Å². The van der Waals surface area contributed by atoms with E-state index >= 15 is 0 Å². The van der Waals surface area contributed by atoms with Crippen molar-refractivity contribution in [1.82, 2.24) is 19.7 Å². The van der Waals surface area contributed by atoms with Gasteiger partial charge in [-0.2, -0.15) is 10.1 Å². The molecule has 0 radical (unpaired) electrons. The normalized spacial score (nSPS) is 23.9. The van der Waals surface area contributed by atoms with Crippen LogP contribution in [0.1, 0.15) is 44.7 Å². The maximum absolute atomic E-state index is 6.36. The Morgan fingerprint density at radius 3 is 2.74 bits per heavy atom. The van der Waals surface area contributed by atoms with Gasteiger partial charge in [0.1, 0.15) is 6.10 Å². The van der Waals surface area contributed by atoms with E-state index in [0.717, 1.165) is 59.5 Å². The van der Waals surface area contributed by atoms with Crippen LogP contribution in [0.5, 0.6) is 5.88 Å². The average Bonchev–Trinajstić information content (AvgIpc) is 3.37. The summed E-state index contributed by atoms with van der Waals surface area (Å²) in [5.41, 5.74) is 3.82. The van der Waals surface area contributed by atoms with Crippen molar-refractivity contribution < 1.29 is 9.47 Å². The maximum Gasteiger partial charge on any atom is 0.226 e. The van der Waals surface area contributed by atoms with Crippen molar-refractivity contribution in [2.45, 2.75) is 58.1 Å². The molecule has 2 aromatic heterocycles. The zero-order valence-electron chi connectivity index (χ0n) is 18.6. The topological polar surface area (TPSA) is 74.1 Å². The standard InChI is InChI=1S/C24H31N5O2/c1-15-4-8-19(9-5-15)26-24-25-16(2)22(23(27-24)31-20-10-11-30-14-20)17-6-7-18-13-29(3)28-21(18)12-17/h6-7,12-13,15,19-20H,4-5,8-11,14H2,1-3H3,(H,25,26,27)/t15?,19?,20-/m1/s1. The molecule has 1 atom stereocenters. The molecule has 1 aliphatic heterocycles. The van der Waals surface area contributed by atoms with Gasteiger partial charge in [0.05, 0.1) is 30.0 Å². The van der Waals surface area contributed by atoms with E-state index < -0.39 is 0 Å². The highest BCUT2D eigenvalue weighted by molar-refractivity contribution is 5.85. The van der Waals surface area contributed by atoms with Crippen molar-refractivity contribution in [2.24, 2.45) is 13.0 Å². The molecule has 1 aliphatic carbocycles. The molecule has 3 aromatic rings. The van der Waals surface area contributed by atoms with Gasteiger partial charge >= 0.3 is 0 Å². The van der Waals surface area contributed by atoms with Gasteiger partial charge in [0.15, 0.2) is 0 Å². The third-order valence-electron chi connectivity index (χ3n) is 6.48. The first-order chi connectivity index (χ1) is 15.0.